The summed E-state index contributed by atoms with van der Waals surface area (Å²) >= 11 is 5.83. The Bertz CT molecular complexity index is 297. The van der Waals surface area contributed by atoms with Gasteiger partial charge in [0.15, 0.2) is 5.03 Å². The van der Waals surface area contributed by atoms with E-state index in [1.807, 2.05) is 0 Å². The second kappa shape index (κ2) is 11.9. The highest BCUT2D eigenvalue weighted by Gasteiger charge is 2.03. The number of esters is 1. The Morgan fingerprint density at radius 3 is 2.47 bits per heavy atom. The van der Waals surface area contributed by atoms with Crippen molar-refractivity contribution in [1.82, 2.24) is 0 Å². The molecule has 0 aromatic rings. The quantitative estimate of drug-likeness (QED) is 0.146. The first-order valence-corrected chi connectivity index (χ1v) is 6.89. The summed E-state index contributed by atoms with van der Waals surface area (Å²) in [7, 11) is 1.40. The van der Waals surface area contributed by atoms with Crippen LogP contribution in [-0.4, -0.2) is 29.7 Å². The van der Waals surface area contributed by atoms with Crippen LogP contribution in [0.2, 0.25) is 0 Å². The summed E-state index contributed by atoms with van der Waals surface area (Å²) in [6.45, 7) is 0. The molecule has 1 atom stereocenters. The molecular weight excluding hydrogens is 272 g/mol. The average molecular weight is 293 g/mol. The van der Waals surface area contributed by atoms with Gasteiger partial charge in [0.05, 0.1) is 23.8 Å². The van der Waals surface area contributed by atoms with Crippen molar-refractivity contribution in [3.8, 4) is 0 Å². The standard InChI is InChI=1S/C12H21ClN2O4/c1-19-12(16)9-7-5-3-2-4-6-8-11(13)10-14-15(17)18/h10-11H,2-9H2,1H3. The van der Waals surface area contributed by atoms with Gasteiger partial charge < -0.3 is 4.74 Å². The highest BCUT2D eigenvalue weighted by atomic mass is 35.5. The lowest BCUT2D eigenvalue weighted by molar-refractivity contribution is -0.484. The van der Waals surface area contributed by atoms with Crippen LogP contribution in [0.5, 0.6) is 0 Å². The molecule has 0 fully saturated rings. The molecule has 0 aromatic heterocycles. The number of carbonyl (C=O) groups excluding carboxylic acids is 1. The van der Waals surface area contributed by atoms with Gasteiger partial charge in [0.2, 0.25) is 0 Å². The monoisotopic (exact) mass is 292 g/mol. The predicted molar refractivity (Wildman–Crippen MR) is 74.1 cm³/mol. The number of hydrogen-bond donors (Lipinski definition) is 0. The summed E-state index contributed by atoms with van der Waals surface area (Å²) < 4.78 is 4.55. The Kier molecular flexibility index (Phi) is 11.2. The number of hydrogen-bond acceptors (Lipinski definition) is 4. The number of hydrazone groups is 1. The van der Waals surface area contributed by atoms with Crippen molar-refractivity contribution in [3.05, 3.63) is 10.1 Å². The van der Waals surface area contributed by atoms with E-state index in [0.717, 1.165) is 44.7 Å². The van der Waals surface area contributed by atoms with Crippen LogP contribution in [0.25, 0.3) is 0 Å². The lowest BCUT2D eigenvalue weighted by Gasteiger charge is -2.03. The molecule has 7 heteroatoms. The van der Waals surface area contributed by atoms with Gasteiger partial charge in [-0.1, -0.05) is 32.1 Å². The van der Waals surface area contributed by atoms with Crippen LogP contribution in [0.15, 0.2) is 5.10 Å². The smallest absolute Gasteiger partial charge is 0.305 e. The van der Waals surface area contributed by atoms with Crippen molar-refractivity contribution >= 4 is 23.8 Å². The molecular formula is C12H21ClN2O4. The predicted octanol–water partition coefficient (Wildman–Crippen LogP) is 3.15. The molecule has 6 nitrogen and oxygen atoms in total. The van der Waals surface area contributed by atoms with Gasteiger partial charge in [0.25, 0.3) is 0 Å². The Hall–Kier alpha value is -1.17. The van der Waals surface area contributed by atoms with E-state index in [1.54, 1.807) is 0 Å². The summed E-state index contributed by atoms with van der Waals surface area (Å²) in [6, 6.07) is 0. The maximum Gasteiger partial charge on any atom is 0.305 e. The zero-order valence-electron chi connectivity index (χ0n) is 11.2. The fourth-order valence-electron chi connectivity index (χ4n) is 1.62. The zero-order valence-corrected chi connectivity index (χ0v) is 12.0. The third-order valence-corrected chi connectivity index (χ3v) is 2.99. The van der Waals surface area contributed by atoms with Crippen LogP contribution in [0.3, 0.4) is 0 Å². The molecule has 0 spiro atoms. The molecule has 0 bridgehead atoms. The Morgan fingerprint density at radius 2 is 1.89 bits per heavy atom. The fraction of sp³-hybridized carbons (Fsp3) is 0.833. The topological polar surface area (TPSA) is 81.8 Å². The Balaban J connectivity index is 3.31. The van der Waals surface area contributed by atoms with E-state index in [4.69, 9.17) is 11.6 Å². The van der Waals surface area contributed by atoms with Crippen LogP contribution in [0.1, 0.15) is 51.4 Å². The maximum atomic E-state index is 10.8. The number of halogens is 1. The Labute approximate surface area is 118 Å². The molecule has 0 aliphatic rings. The summed E-state index contributed by atoms with van der Waals surface area (Å²) in [6.07, 6.45) is 8.34. The van der Waals surface area contributed by atoms with Gasteiger partial charge >= 0.3 is 5.97 Å². The van der Waals surface area contributed by atoms with Crippen molar-refractivity contribution in [2.45, 2.75) is 56.7 Å². The number of methoxy groups -OCH3 is 1. The maximum absolute atomic E-state index is 10.8. The molecule has 1 unspecified atom stereocenters. The summed E-state index contributed by atoms with van der Waals surface area (Å²) in [5, 5.41) is 11.9. The third-order valence-electron chi connectivity index (χ3n) is 2.66. The van der Waals surface area contributed by atoms with Gasteiger partial charge in [-0.3, -0.25) is 4.79 Å². The third kappa shape index (κ3) is 13.1. The number of carbonyl (C=O) groups is 1. The minimum atomic E-state index is -0.753. The molecule has 0 N–H and O–H groups in total. The first kappa shape index (κ1) is 17.8. The van der Waals surface area contributed by atoms with E-state index in [9.17, 15) is 14.9 Å². The minimum absolute atomic E-state index is 0.157. The van der Waals surface area contributed by atoms with Gasteiger partial charge in [-0.05, 0) is 12.8 Å². The van der Waals surface area contributed by atoms with E-state index in [2.05, 4.69) is 9.84 Å². The van der Waals surface area contributed by atoms with Crippen LogP contribution < -0.4 is 0 Å². The molecule has 0 rings (SSSR count). The number of nitro groups is 1. The molecule has 110 valence electrons. The lowest BCUT2D eigenvalue weighted by atomic mass is 10.1. The Morgan fingerprint density at radius 1 is 1.32 bits per heavy atom. The van der Waals surface area contributed by atoms with Gasteiger partial charge in [-0.2, -0.15) is 0 Å². The minimum Gasteiger partial charge on any atom is -0.469 e. The average Bonchev–Trinajstić information content (AvgIpc) is 2.38. The van der Waals surface area contributed by atoms with E-state index in [0.29, 0.717) is 12.8 Å². The molecule has 0 radical (unpaired) electrons. The van der Waals surface area contributed by atoms with Gasteiger partial charge in [-0.15, -0.1) is 11.6 Å². The number of rotatable bonds is 11. The van der Waals surface area contributed by atoms with Gasteiger partial charge in [-0.25, -0.2) is 10.1 Å². The second-order valence-electron chi connectivity index (χ2n) is 4.25. The summed E-state index contributed by atoms with van der Waals surface area (Å²) in [5.74, 6) is -0.157. The number of unbranched alkanes of at least 4 members (excludes halogenated alkanes) is 5. The van der Waals surface area contributed by atoms with Crippen LogP contribution in [0, 0.1) is 10.1 Å². The number of alkyl halides is 1. The zero-order chi connectivity index (χ0) is 14.5. The number of nitrogens with zero attached hydrogens (tertiary/aromatic N) is 2. The van der Waals surface area contributed by atoms with E-state index < -0.39 is 5.03 Å². The van der Waals surface area contributed by atoms with Crippen molar-refractivity contribution in [3.63, 3.8) is 0 Å². The first-order chi connectivity index (χ1) is 9.06. The first-order valence-electron chi connectivity index (χ1n) is 6.45. The molecule has 0 heterocycles. The van der Waals surface area contributed by atoms with E-state index in [1.165, 1.54) is 7.11 Å². The molecule has 0 aliphatic carbocycles. The highest BCUT2D eigenvalue weighted by molar-refractivity contribution is 6.28. The van der Waals surface area contributed by atoms with Gasteiger partial charge in [0, 0.05) is 6.42 Å². The van der Waals surface area contributed by atoms with E-state index in [-0.39, 0.29) is 11.3 Å². The highest BCUT2D eigenvalue weighted by Crippen LogP contribution is 2.11. The van der Waals surface area contributed by atoms with E-state index >= 15 is 0 Å². The molecule has 0 aromatic carbocycles. The molecule has 0 saturated heterocycles. The molecule has 0 aliphatic heterocycles. The largest absolute Gasteiger partial charge is 0.469 e. The van der Waals surface area contributed by atoms with Crippen molar-refractivity contribution < 1.29 is 14.6 Å². The molecule has 19 heavy (non-hydrogen) atoms. The van der Waals surface area contributed by atoms with Crippen molar-refractivity contribution in [2.75, 3.05) is 7.11 Å². The summed E-state index contributed by atoms with van der Waals surface area (Å²) in [4.78, 5) is 20.8. The fourth-order valence-corrected chi connectivity index (χ4v) is 1.82. The second-order valence-corrected chi connectivity index (χ2v) is 4.82. The van der Waals surface area contributed by atoms with Crippen LogP contribution >= 0.6 is 11.6 Å². The normalized spacial score (nSPS) is 12.5. The van der Waals surface area contributed by atoms with Crippen LogP contribution in [-0.2, 0) is 9.53 Å². The SMILES string of the molecule is COC(=O)CCCCCCCCC(Cl)C=N[N+](=O)[O-]. The molecule has 0 amide bonds. The van der Waals surface area contributed by atoms with Crippen molar-refractivity contribution in [2.24, 2.45) is 5.10 Å². The van der Waals surface area contributed by atoms with Gasteiger partial charge in [0.1, 0.15) is 0 Å². The van der Waals surface area contributed by atoms with Crippen molar-refractivity contribution in [1.29, 1.82) is 0 Å². The van der Waals surface area contributed by atoms with Crippen LogP contribution in [0.4, 0.5) is 0 Å². The number of ether oxygens (including phenoxy) is 1. The summed E-state index contributed by atoms with van der Waals surface area (Å²) in [5.41, 5.74) is 0. The molecule has 0 saturated carbocycles. The lowest BCUT2D eigenvalue weighted by Crippen LogP contribution is -2.02.